The number of methoxy groups -OCH3 is 1. The molecule has 74 valence electrons. The fraction of sp³-hybridized carbons (Fsp3) is 0.333. The number of rotatable bonds is 2. The lowest BCUT2D eigenvalue weighted by Gasteiger charge is -2.09. The maximum Gasteiger partial charge on any atom is 0.282 e. The molecule has 0 saturated heterocycles. The van der Waals surface area contributed by atoms with Crippen molar-refractivity contribution in [1.29, 1.82) is 0 Å². The van der Waals surface area contributed by atoms with E-state index in [0.717, 1.165) is 5.56 Å². The molecule has 0 aliphatic carbocycles. The molecule has 2 heterocycles. The molecule has 5 heteroatoms. The highest BCUT2D eigenvalue weighted by Crippen LogP contribution is 2.22. The van der Waals surface area contributed by atoms with Gasteiger partial charge in [-0.1, -0.05) is 0 Å². The molecule has 2 rings (SSSR count). The molecule has 1 unspecified atom stereocenters. The van der Waals surface area contributed by atoms with Crippen LogP contribution >= 0.6 is 0 Å². The number of amidine groups is 1. The first-order valence-corrected chi connectivity index (χ1v) is 4.26. The van der Waals surface area contributed by atoms with Gasteiger partial charge in [0.15, 0.2) is 0 Å². The zero-order valence-electron chi connectivity index (χ0n) is 7.80. The first-order valence-electron chi connectivity index (χ1n) is 4.26. The van der Waals surface area contributed by atoms with Crippen molar-refractivity contribution in [3.05, 3.63) is 23.9 Å². The van der Waals surface area contributed by atoms with E-state index in [9.17, 15) is 0 Å². The van der Waals surface area contributed by atoms with E-state index in [1.807, 2.05) is 6.07 Å². The highest BCUT2D eigenvalue weighted by atomic mass is 16.5. The van der Waals surface area contributed by atoms with Gasteiger partial charge in [-0.15, -0.1) is 0 Å². The van der Waals surface area contributed by atoms with Gasteiger partial charge in [0.05, 0.1) is 13.7 Å². The highest BCUT2D eigenvalue weighted by molar-refractivity contribution is 5.73. The van der Waals surface area contributed by atoms with Gasteiger partial charge < -0.3 is 15.2 Å². The molecule has 1 aliphatic rings. The summed E-state index contributed by atoms with van der Waals surface area (Å²) in [6, 6.07) is 3.92. The van der Waals surface area contributed by atoms with Gasteiger partial charge in [0.2, 0.25) is 5.88 Å². The van der Waals surface area contributed by atoms with E-state index >= 15 is 0 Å². The summed E-state index contributed by atoms with van der Waals surface area (Å²) in [5, 5.41) is 0. The largest absolute Gasteiger partial charge is 0.481 e. The average Bonchev–Trinajstić information content (AvgIpc) is 2.65. The van der Waals surface area contributed by atoms with Gasteiger partial charge >= 0.3 is 0 Å². The first-order chi connectivity index (χ1) is 6.79. The average molecular weight is 193 g/mol. The third kappa shape index (κ3) is 1.61. The lowest BCUT2D eigenvalue weighted by molar-refractivity contribution is 0.225. The van der Waals surface area contributed by atoms with Crippen molar-refractivity contribution in [1.82, 2.24) is 4.98 Å². The Morgan fingerprint density at radius 3 is 2.93 bits per heavy atom. The molecular weight excluding hydrogens is 182 g/mol. The van der Waals surface area contributed by atoms with Gasteiger partial charge in [-0.2, -0.15) is 0 Å². The smallest absolute Gasteiger partial charge is 0.282 e. The number of nitrogens with zero attached hydrogens (tertiary/aromatic N) is 2. The molecule has 1 atom stereocenters. The van der Waals surface area contributed by atoms with Crippen molar-refractivity contribution in [2.45, 2.75) is 6.10 Å². The molecule has 14 heavy (non-hydrogen) atoms. The van der Waals surface area contributed by atoms with Gasteiger partial charge in [-0.3, -0.25) is 0 Å². The van der Waals surface area contributed by atoms with Gasteiger partial charge in [0.1, 0.15) is 6.10 Å². The zero-order valence-corrected chi connectivity index (χ0v) is 7.80. The van der Waals surface area contributed by atoms with E-state index in [2.05, 4.69) is 9.98 Å². The second kappa shape index (κ2) is 3.53. The summed E-state index contributed by atoms with van der Waals surface area (Å²) in [4.78, 5) is 8.02. The predicted molar refractivity (Wildman–Crippen MR) is 51.1 cm³/mol. The Labute approximate surface area is 81.6 Å². The SMILES string of the molecule is COc1ccc(C2CN=C(N)O2)cn1. The topological polar surface area (TPSA) is 69.7 Å². The van der Waals surface area contributed by atoms with Crippen molar-refractivity contribution in [3.8, 4) is 5.88 Å². The number of aliphatic imine (C=N–C) groups is 1. The quantitative estimate of drug-likeness (QED) is 0.741. The van der Waals surface area contributed by atoms with Crippen LogP contribution in [-0.2, 0) is 4.74 Å². The second-order valence-corrected chi connectivity index (χ2v) is 2.92. The van der Waals surface area contributed by atoms with Crippen molar-refractivity contribution >= 4 is 6.02 Å². The fourth-order valence-corrected chi connectivity index (χ4v) is 1.27. The van der Waals surface area contributed by atoms with Gasteiger partial charge in [0, 0.05) is 17.8 Å². The van der Waals surface area contributed by atoms with Crippen molar-refractivity contribution in [2.24, 2.45) is 10.7 Å². The molecule has 0 aromatic carbocycles. The summed E-state index contributed by atoms with van der Waals surface area (Å²) in [5.41, 5.74) is 6.35. The highest BCUT2D eigenvalue weighted by Gasteiger charge is 2.19. The van der Waals surface area contributed by atoms with Crippen LogP contribution in [0.4, 0.5) is 0 Å². The molecule has 1 aromatic rings. The minimum atomic E-state index is -0.103. The molecule has 0 radical (unpaired) electrons. The molecule has 1 aliphatic heterocycles. The summed E-state index contributed by atoms with van der Waals surface area (Å²) in [6.45, 7) is 0.555. The van der Waals surface area contributed by atoms with Crippen LogP contribution in [0, 0.1) is 0 Å². The van der Waals surface area contributed by atoms with Gasteiger partial charge in [0.25, 0.3) is 6.02 Å². The molecule has 0 amide bonds. The Morgan fingerprint density at radius 2 is 2.43 bits per heavy atom. The third-order valence-electron chi connectivity index (χ3n) is 2.02. The minimum absolute atomic E-state index is 0.103. The van der Waals surface area contributed by atoms with E-state index in [4.69, 9.17) is 15.2 Å². The van der Waals surface area contributed by atoms with Crippen LogP contribution < -0.4 is 10.5 Å². The maximum absolute atomic E-state index is 5.40. The Kier molecular flexibility index (Phi) is 2.22. The molecule has 5 nitrogen and oxygen atoms in total. The monoisotopic (exact) mass is 193 g/mol. The van der Waals surface area contributed by atoms with Crippen molar-refractivity contribution in [2.75, 3.05) is 13.7 Å². The van der Waals surface area contributed by atoms with Crippen LogP contribution in [0.3, 0.4) is 0 Å². The van der Waals surface area contributed by atoms with Crippen LogP contribution in [0.2, 0.25) is 0 Å². The Balaban J connectivity index is 2.11. The summed E-state index contributed by atoms with van der Waals surface area (Å²) < 4.78 is 10.2. The van der Waals surface area contributed by atoms with Gasteiger partial charge in [-0.25, -0.2) is 9.98 Å². The van der Waals surface area contributed by atoms with Crippen LogP contribution in [0.1, 0.15) is 11.7 Å². The molecular formula is C9H11N3O2. The Bertz CT molecular complexity index is 348. The second-order valence-electron chi connectivity index (χ2n) is 2.92. The van der Waals surface area contributed by atoms with E-state index in [0.29, 0.717) is 12.4 Å². The Morgan fingerprint density at radius 1 is 1.57 bits per heavy atom. The molecule has 0 fully saturated rings. The van der Waals surface area contributed by atoms with Gasteiger partial charge in [-0.05, 0) is 6.07 Å². The lowest BCUT2D eigenvalue weighted by atomic mass is 10.2. The normalized spacial score (nSPS) is 20.1. The third-order valence-corrected chi connectivity index (χ3v) is 2.02. The molecule has 1 aromatic heterocycles. The number of ether oxygens (including phenoxy) is 2. The minimum Gasteiger partial charge on any atom is -0.481 e. The lowest BCUT2D eigenvalue weighted by Crippen LogP contribution is -2.13. The summed E-state index contributed by atoms with van der Waals surface area (Å²) >= 11 is 0. The van der Waals surface area contributed by atoms with E-state index in [1.54, 1.807) is 19.4 Å². The standard InChI is InChI=1S/C9H11N3O2/c1-13-8-3-2-6(4-11-8)7-5-12-9(10)14-7/h2-4,7H,5H2,1H3,(H2,10,12). The van der Waals surface area contributed by atoms with Crippen LogP contribution in [0.5, 0.6) is 5.88 Å². The number of hydrogen-bond donors (Lipinski definition) is 1. The summed E-state index contributed by atoms with van der Waals surface area (Å²) in [6.07, 6.45) is 1.60. The molecule has 0 spiro atoms. The first kappa shape index (κ1) is 8.80. The fourth-order valence-electron chi connectivity index (χ4n) is 1.27. The maximum atomic E-state index is 5.40. The van der Waals surface area contributed by atoms with E-state index in [1.165, 1.54) is 0 Å². The van der Waals surface area contributed by atoms with Crippen molar-refractivity contribution in [3.63, 3.8) is 0 Å². The number of pyridine rings is 1. The molecule has 2 N–H and O–H groups in total. The predicted octanol–water partition coefficient (Wildman–Crippen LogP) is 0.476. The van der Waals surface area contributed by atoms with E-state index in [-0.39, 0.29) is 12.1 Å². The Hall–Kier alpha value is -1.78. The van der Waals surface area contributed by atoms with E-state index < -0.39 is 0 Å². The summed E-state index contributed by atoms with van der Waals surface area (Å²) in [5.74, 6) is 0.584. The van der Waals surface area contributed by atoms with Crippen LogP contribution in [0.15, 0.2) is 23.3 Å². The van der Waals surface area contributed by atoms with Crippen molar-refractivity contribution < 1.29 is 9.47 Å². The molecule has 0 saturated carbocycles. The number of hydrogen-bond acceptors (Lipinski definition) is 5. The number of aromatic nitrogens is 1. The summed E-state index contributed by atoms with van der Waals surface area (Å²) in [7, 11) is 1.58. The van der Waals surface area contributed by atoms with Crippen LogP contribution in [0.25, 0.3) is 0 Å². The molecule has 0 bridgehead atoms. The zero-order chi connectivity index (χ0) is 9.97. The van der Waals surface area contributed by atoms with Crippen LogP contribution in [-0.4, -0.2) is 24.7 Å². The number of nitrogens with two attached hydrogens (primary N) is 1.